The van der Waals surface area contributed by atoms with Gasteiger partial charge in [-0.2, -0.15) is 0 Å². The van der Waals surface area contributed by atoms with E-state index in [1.807, 2.05) is 19.1 Å². The van der Waals surface area contributed by atoms with E-state index in [1.165, 1.54) is 0 Å². The lowest BCUT2D eigenvalue weighted by molar-refractivity contribution is -0.125. The second kappa shape index (κ2) is 7.55. The molecule has 0 aromatic heterocycles. The fraction of sp³-hybridized carbons (Fsp3) is 0.462. The average molecular weight is 253 g/mol. The standard InChI is InChI=1S/C13H19NO4/c1-4-18-9-13(15)14-8-10-5-11(16-2)7-12(6-10)17-3/h5-7H,4,8-9H2,1-3H3,(H,14,15). The van der Waals surface area contributed by atoms with Crippen molar-refractivity contribution in [3.05, 3.63) is 23.8 Å². The smallest absolute Gasteiger partial charge is 0.246 e. The lowest BCUT2D eigenvalue weighted by Crippen LogP contribution is -2.27. The molecule has 1 aromatic rings. The Morgan fingerprint density at radius 2 is 1.78 bits per heavy atom. The third kappa shape index (κ3) is 4.63. The van der Waals surface area contributed by atoms with Crippen LogP contribution in [0.3, 0.4) is 0 Å². The van der Waals surface area contributed by atoms with E-state index in [0.717, 1.165) is 5.56 Å². The molecule has 1 amide bonds. The van der Waals surface area contributed by atoms with Crippen molar-refractivity contribution in [2.24, 2.45) is 0 Å². The van der Waals surface area contributed by atoms with E-state index in [2.05, 4.69) is 5.32 Å². The quantitative estimate of drug-likeness (QED) is 0.797. The summed E-state index contributed by atoms with van der Waals surface area (Å²) in [6, 6.07) is 5.48. The number of nitrogens with one attached hydrogen (secondary N) is 1. The summed E-state index contributed by atoms with van der Waals surface area (Å²) < 4.78 is 15.3. The second-order valence-electron chi connectivity index (χ2n) is 3.63. The van der Waals surface area contributed by atoms with Gasteiger partial charge in [0.1, 0.15) is 18.1 Å². The van der Waals surface area contributed by atoms with Crippen LogP contribution >= 0.6 is 0 Å². The molecule has 18 heavy (non-hydrogen) atoms. The SMILES string of the molecule is CCOCC(=O)NCc1cc(OC)cc(OC)c1. The number of rotatable bonds is 7. The highest BCUT2D eigenvalue weighted by molar-refractivity contribution is 5.77. The molecule has 0 saturated carbocycles. The van der Waals surface area contributed by atoms with Crippen LogP contribution in [-0.2, 0) is 16.1 Å². The van der Waals surface area contributed by atoms with E-state index in [0.29, 0.717) is 24.7 Å². The first-order chi connectivity index (χ1) is 8.69. The Morgan fingerprint density at radius 3 is 2.28 bits per heavy atom. The minimum absolute atomic E-state index is 0.0810. The zero-order valence-corrected chi connectivity index (χ0v) is 11.0. The molecule has 0 atom stereocenters. The lowest BCUT2D eigenvalue weighted by Gasteiger charge is -2.09. The number of benzene rings is 1. The Morgan fingerprint density at radius 1 is 1.17 bits per heavy atom. The Labute approximate surface area is 107 Å². The van der Waals surface area contributed by atoms with Gasteiger partial charge >= 0.3 is 0 Å². The Kier molecular flexibility index (Phi) is 6.00. The third-order valence-corrected chi connectivity index (χ3v) is 2.34. The van der Waals surface area contributed by atoms with E-state index in [4.69, 9.17) is 14.2 Å². The maximum atomic E-state index is 11.4. The van der Waals surface area contributed by atoms with Crippen LogP contribution in [0.2, 0.25) is 0 Å². The summed E-state index contributed by atoms with van der Waals surface area (Å²) in [7, 11) is 3.18. The second-order valence-corrected chi connectivity index (χ2v) is 3.63. The fourth-order valence-corrected chi connectivity index (χ4v) is 1.41. The molecule has 0 spiro atoms. The summed E-state index contributed by atoms with van der Waals surface area (Å²) in [5, 5.41) is 2.76. The molecule has 0 unspecified atom stereocenters. The van der Waals surface area contributed by atoms with E-state index < -0.39 is 0 Å². The molecular formula is C13H19NO4. The van der Waals surface area contributed by atoms with Crippen LogP contribution in [0.15, 0.2) is 18.2 Å². The summed E-state index contributed by atoms with van der Waals surface area (Å²) in [5.74, 6) is 1.26. The van der Waals surface area contributed by atoms with Gasteiger partial charge in [-0.25, -0.2) is 0 Å². The van der Waals surface area contributed by atoms with Gasteiger partial charge in [-0.15, -0.1) is 0 Å². The van der Waals surface area contributed by atoms with Gasteiger partial charge in [0.25, 0.3) is 0 Å². The highest BCUT2D eigenvalue weighted by Gasteiger charge is 2.04. The number of hydrogen-bond donors (Lipinski definition) is 1. The molecular weight excluding hydrogens is 234 g/mol. The van der Waals surface area contributed by atoms with Crippen molar-refractivity contribution in [3.8, 4) is 11.5 Å². The van der Waals surface area contributed by atoms with Gasteiger partial charge in [0.15, 0.2) is 0 Å². The number of carbonyl (C=O) groups excluding carboxylic acids is 1. The highest BCUT2D eigenvalue weighted by Crippen LogP contribution is 2.22. The molecule has 0 aliphatic rings. The Hall–Kier alpha value is -1.75. The van der Waals surface area contributed by atoms with Crippen LogP contribution in [0, 0.1) is 0 Å². The fourth-order valence-electron chi connectivity index (χ4n) is 1.41. The van der Waals surface area contributed by atoms with E-state index in [1.54, 1.807) is 20.3 Å². The van der Waals surface area contributed by atoms with Gasteiger partial charge in [-0.1, -0.05) is 0 Å². The molecule has 1 N–H and O–H groups in total. The highest BCUT2D eigenvalue weighted by atomic mass is 16.5. The number of amides is 1. The van der Waals surface area contributed by atoms with Crippen LogP contribution in [0.1, 0.15) is 12.5 Å². The molecule has 1 aromatic carbocycles. The summed E-state index contributed by atoms with van der Waals surface area (Å²) in [4.78, 5) is 11.4. The minimum atomic E-state index is -0.140. The van der Waals surface area contributed by atoms with Crippen molar-refractivity contribution in [2.45, 2.75) is 13.5 Å². The Bertz CT molecular complexity index is 370. The lowest BCUT2D eigenvalue weighted by atomic mass is 10.2. The molecule has 0 radical (unpaired) electrons. The van der Waals surface area contributed by atoms with Crippen molar-refractivity contribution < 1.29 is 19.0 Å². The molecule has 5 nitrogen and oxygen atoms in total. The van der Waals surface area contributed by atoms with Gasteiger partial charge in [0.2, 0.25) is 5.91 Å². The number of carbonyl (C=O) groups is 1. The van der Waals surface area contributed by atoms with E-state index >= 15 is 0 Å². The van der Waals surface area contributed by atoms with Gasteiger partial charge < -0.3 is 19.5 Å². The predicted molar refractivity (Wildman–Crippen MR) is 67.9 cm³/mol. The summed E-state index contributed by atoms with van der Waals surface area (Å²) in [6.07, 6.45) is 0. The number of ether oxygens (including phenoxy) is 3. The third-order valence-electron chi connectivity index (χ3n) is 2.34. The molecule has 0 aliphatic carbocycles. The first-order valence-electron chi connectivity index (χ1n) is 5.76. The monoisotopic (exact) mass is 253 g/mol. The van der Waals surface area contributed by atoms with Crippen LogP contribution < -0.4 is 14.8 Å². The maximum Gasteiger partial charge on any atom is 0.246 e. The van der Waals surface area contributed by atoms with Gasteiger partial charge in [-0.3, -0.25) is 4.79 Å². The average Bonchev–Trinajstić information content (AvgIpc) is 2.42. The molecule has 100 valence electrons. The van der Waals surface area contributed by atoms with Crippen LogP contribution in [-0.4, -0.2) is 33.3 Å². The van der Waals surface area contributed by atoms with Gasteiger partial charge in [0.05, 0.1) is 14.2 Å². The van der Waals surface area contributed by atoms with Gasteiger partial charge in [-0.05, 0) is 24.6 Å². The first kappa shape index (κ1) is 14.3. The summed E-state index contributed by atoms with van der Waals surface area (Å²) in [5.41, 5.74) is 0.913. The van der Waals surface area contributed by atoms with Crippen LogP contribution in [0.25, 0.3) is 0 Å². The van der Waals surface area contributed by atoms with E-state index in [9.17, 15) is 4.79 Å². The van der Waals surface area contributed by atoms with Crippen molar-refractivity contribution in [1.82, 2.24) is 5.32 Å². The molecule has 0 heterocycles. The topological polar surface area (TPSA) is 56.8 Å². The first-order valence-corrected chi connectivity index (χ1v) is 5.76. The van der Waals surface area contributed by atoms with Crippen molar-refractivity contribution in [1.29, 1.82) is 0 Å². The molecule has 0 aliphatic heterocycles. The predicted octanol–water partition coefficient (Wildman–Crippen LogP) is 1.36. The molecule has 1 rings (SSSR count). The largest absolute Gasteiger partial charge is 0.497 e. The van der Waals surface area contributed by atoms with Crippen molar-refractivity contribution in [2.75, 3.05) is 27.4 Å². The van der Waals surface area contributed by atoms with Crippen molar-refractivity contribution in [3.63, 3.8) is 0 Å². The molecule has 5 heteroatoms. The summed E-state index contributed by atoms with van der Waals surface area (Å²) in [6.45, 7) is 2.87. The van der Waals surface area contributed by atoms with E-state index in [-0.39, 0.29) is 12.5 Å². The zero-order valence-electron chi connectivity index (χ0n) is 11.0. The number of hydrogen-bond acceptors (Lipinski definition) is 4. The summed E-state index contributed by atoms with van der Waals surface area (Å²) >= 11 is 0. The Balaban J connectivity index is 2.58. The zero-order chi connectivity index (χ0) is 13.4. The molecule has 0 bridgehead atoms. The molecule has 0 fully saturated rings. The van der Waals surface area contributed by atoms with Gasteiger partial charge in [0, 0.05) is 19.2 Å². The molecule has 0 saturated heterocycles. The normalized spacial score (nSPS) is 9.94. The van der Waals surface area contributed by atoms with Crippen molar-refractivity contribution >= 4 is 5.91 Å². The number of methoxy groups -OCH3 is 2. The maximum absolute atomic E-state index is 11.4. The minimum Gasteiger partial charge on any atom is -0.497 e. The van der Waals surface area contributed by atoms with Crippen LogP contribution in [0.4, 0.5) is 0 Å². The van der Waals surface area contributed by atoms with Crippen LogP contribution in [0.5, 0.6) is 11.5 Å².